The first-order valence-corrected chi connectivity index (χ1v) is 11.5. The van der Waals surface area contributed by atoms with Gasteiger partial charge in [0.15, 0.2) is 15.7 Å². The molecular formula is C20H27N5O3S. The lowest BCUT2D eigenvalue weighted by Gasteiger charge is -2.26. The van der Waals surface area contributed by atoms with Crippen LogP contribution in [0.15, 0.2) is 30.3 Å². The van der Waals surface area contributed by atoms with Gasteiger partial charge in [0.05, 0.1) is 5.69 Å². The first-order valence-electron chi connectivity index (χ1n) is 9.63. The number of benzene rings is 1. The van der Waals surface area contributed by atoms with Gasteiger partial charge in [0.1, 0.15) is 10.6 Å². The van der Waals surface area contributed by atoms with E-state index >= 15 is 0 Å². The number of carbonyl (C=O) groups excluding carboxylic acids is 1. The first-order chi connectivity index (χ1) is 13.6. The highest BCUT2D eigenvalue weighted by molar-refractivity contribution is 7.91. The van der Waals surface area contributed by atoms with Crippen LogP contribution in [0.25, 0.3) is 11.4 Å². The Morgan fingerprint density at radius 2 is 1.76 bits per heavy atom. The lowest BCUT2D eigenvalue weighted by Crippen LogP contribution is -2.34. The third-order valence-electron chi connectivity index (χ3n) is 5.15. The van der Waals surface area contributed by atoms with E-state index in [-0.39, 0.29) is 17.9 Å². The lowest BCUT2D eigenvalue weighted by molar-refractivity contribution is 0.250. The van der Waals surface area contributed by atoms with Crippen LogP contribution >= 0.6 is 0 Å². The zero-order chi connectivity index (χ0) is 21.2. The minimum absolute atomic E-state index is 0.0335. The average Bonchev–Trinajstić information content (AvgIpc) is 3.12. The smallest absolute Gasteiger partial charge is 0.319 e. The van der Waals surface area contributed by atoms with Gasteiger partial charge in [-0.25, -0.2) is 23.2 Å². The van der Waals surface area contributed by atoms with E-state index < -0.39 is 14.6 Å². The van der Waals surface area contributed by atoms with Gasteiger partial charge in [-0.1, -0.05) is 12.8 Å². The molecule has 0 unspecified atom stereocenters. The largest absolute Gasteiger partial charge is 0.384 e. The molecular weight excluding hydrogens is 390 g/mol. The molecule has 0 saturated heterocycles. The Morgan fingerprint density at radius 3 is 2.31 bits per heavy atom. The number of hydrogen-bond acceptors (Lipinski definition) is 6. The van der Waals surface area contributed by atoms with Crippen LogP contribution < -0.4 is 16.4 Å². The van der Waals surface area contributed by atoms with Gasteiger partial charge in [0, 0.05) is 29.6 Å². The minimum Gasteiger partial charge on any atom is -0.384 e. The molecule has 1 aliphatic carbocycles. The number of anilines is 2. The average molecular weight is 418 g/mol. The topological polar surface area (TPSA) is 127 Å². The molecule has 8 nitrogen and oxygen atoms in total. The minimum atomic E-state index is -3.36. The highest BCUT2D eigenvalue weighted by atomic mass is 32.2. The number of sulfone groups is 1. The van der Waals surface area contributed by atoms with Gasteiger partial charge in [-0.15, -0.1) is 0 Å². The van der Waals surface area contributed by atoms with Gasteiger partial charge in [-0.3, -0.25) is 0 Å². The van der Waals surface area contributed by atoms with Crippen molar-refractivity contribution in [3.63, 3.8) is 0 Å². The second kappa shape index (κ2) is 7.98. The van der Waals surface area contributed by atoms with Crippen LogP contribution in [0.1, 0.15) is 45.2 Å². The van der Waals surface area contributed by atoms with Gasteiger partial charge in [0.2, 0.25) is 0 Å². The number of nitrogens with one attached hydrogen (secondary N) is 2. The maximum absolute atomic E-state index is 12.6. The fourth-order valence-electron chi connectivity index (χ4n) is 3.72. The number of carbonyl (C=O) groups is 1. The van der Waals surface area contributed by atoms with Crippen molar-refractivity contribution in [3.8, 4) is 11.4 Å². The summed E-state index contributed by atoms with van der Waals surface area (Å²) in [7, 11) is -3.36. The Kier molecular flexibility index (Phi) is 5.79. The van der Waals surface area contributed by atoms with Gasteiger partial charge in [-0.2, -0.15) is 0 Å². The first kappa shape index (κ1) is 21.0. The van der Waals surface area contributed by atoms with E-state index in [2.05, 4.69) is 20.6 Å². The summed E-state index contributed by atoms with van der Waals surface area (Å²) >= 11 is 0. The molecule has 4 N–H and O–H groups in total. The summed E-state index contributed by atoms with van der Waals surface area (Å²) in [5.41, 5.74) is 7.77. The quantitative estimate of drug-likeness (QED) is 0.686. The molecule has 0 atom stereocenters. The van der Waals surface area contributed by atoms with E-state index in [1.807, 2.05) is 13.8 Å². The van der Waals surface area contributed by atoms with Crippen molar-refractivity contribution in [2.75, 3.05) is 17.3 Å². The zero-order valence-corrected chi connectivity index (χ0v) is 17.7. The van der Waals surface area contributed by atoms with Crippen molar-refractivity contribution in [3.05, 3.63) is 36.0 Å². The molecule has 29 heavy (non-hydrogen) atoms. The van der Waals surface area contributed by atoms with E-state index in [1.54, 1.807) is 30.3 Å². The molecule has 3 rings (SSSR count). The SMILES string of the molecule is CC(C)NC(=O)Nc1ccc(-c2nc(N)cc(C3(S(C)(=O)=O)CCCC3)n2)cc1. The second-order valence-electron chi connectivity index (χ2n) is 7.81. The number of amides is 2. The van der Waals surface area contributed by atoms with Gasteiger partial charge in [-0.05, 0) is 51.0 Å². The van der Waals surface area contributed by atoms with E-state index in [9.17, 15) is 13.2 Å². The number of nitrogen functional groups attached to an aromatic ring is 1. The Bertz CT molecular complexity index is 997. The molecule has 0 spiro atoms. The highest BCUT2D eigenvalue weighted by Gasteiger charge is 2.46. The summed E-state index contributed by atoms with van der Waals surface area (Å²) < 4.78 is 24.2. The molecule has 0 aliphatic heterocycles. The molecule has 2 amide bonds. The molecule has 1 aromatic carbocycles. The van der Waals surface area contributed by atoms with Crippen LogP contribution in [0.5, 0.6) is 0 Å². The summed E-state index contributed by atoms with van der Waals surface area (Å²) in [5.74, 6) is 0.603. The summed E-state index contributed by atoms with van der Waals surface area (Å²) in [4.78, 5) is 20.7. The van der Waals surface area contributed by atoms with E-state index in [4.69, 9.17) is 5.73 Å². The van der Waals surface area contributed by atoms with E-state index in [1.165, 1.54) is 6.26 Å². The second-order valence-corrected chi connectivity index (χ2v) is 10.1. The van der Waals surface area contributed by atoms with Crippen molar-refractivity contribution in [2.45, 2.75) is 50.3 Å². The molecule has 9 heteroatoms. The predicted octanol–water partition coefficient (Wildman–Crippen LogP) is 3.07. The van der Waals surface area contributed by atoms with Crippen LogP contribution in [0.4, 0.5) is 16.3 Å². The van der Waals surface area contributed by atoms with Crippen LogP contribution in [0, 0.1) is 0 Å². The number of rotatable bonds is 5. The standard InChI is InChI=1S/C20H27N5O3S/c1-13(2)22-19(26)23-15-8-6-14(7-9-15)18-24-16(12-17(21)25-18)20(29(3,27)28)10-4-5-11-20/h6-9,12-13H,4-5,10-11H2,1-3H3,(H2,21,24,25)(H2,22,23,26). The van der Waals surface area contributed by atoms with E-state index in [0.29, 0.717) is 35.6 Å². The Hall–Kier alpha value is -2.68. The molecule has 1 saturated carbocycles. The van der Waals surface area contributed by atoms with Crippen molar-refractivity contribution >= 4 is 27.4 Å². The molecule has 2 aromatic rings. The Morgan fingerprint density at radius 1 is 1.14 bits per heavy atom. The number of nitrogens with two attached hydrogens (primary N) is 1. The maximum Gasteiger partial charge on any atom is 0.319 e. The summed E-state index contributed by atoms with van der Waals surface area (Å²) in [6, 6.07) is 8.34. The van der Waals surface area contributed by atoms with Crippen LogP contribution in [0.3, 0.4) is 0 Å². The molecule has 0 bridgehead atoms. The number of nitrogens with zero attached hydrogens (tertiary/aromatic N) is 2. The summed E-state index contributed by atoms with van der Waals surface area (Å²) in [6.45, 7) is 3.76. The molecule has 1 aliphatic rings. The number of hydrogen-bond donors (Lipinski definition) is 3. The normalized spacial score (nSPS) is 16.0. The van der Waals surface area contributed by atoms with Crippen LogP contribution in [-0.4, -0.2) is 36.7 Å². The van der Waals surface area contributed by atoms with Gasteiger partial charge in [0.25, 0.3) is 0 Å². The third kappa shape index (κ3) is 4.50. The lowest BCUT2D eigenvalue weighted by atomic mass is 10.0. The van der Waals surface area contributed by atoms with Crippen molar-refractivity contribution < 1.29 is 13.2 Å². The number of aromatic nitrogens is 2. The Labute approximate surface area is 171 Å². The molecule has 0 radical (unpaired) electrons. The highest BCUT2D eigenvalue weighted by Crippen LogP contribution is 2.45. The van der Waals surface area contributed by atoms with E-state index in [0.717, 1.165) is 12.8 Å². The molecule has 156 valence electrons. The third-order valence-corrected chi connectivity index (χ3v) is 7.19. The summed E-state index contributed by atoms with van der Waals surface area (Å²) in [6.07, 6.45) is 4.01. The van der Waals surface area contributed by atoms with Crippen molar-refractivity contribution in [2.24, 2.45) is 0 Å². The Balaban J connectivity index is 1.91. The monoisotopic (exact) mass is 417 g/mol. The molecule has 1 aromatic heterocycles. The summed E-state index contributed by atoms with van der Waals surface area (Å²) in [5, 5.41) is 5.50. The predicted molar refractivity (Wildman–Crippen MR) is 114 cm³/mol. The molecule has 1 heterocycles. The van der Waals surface area contributed by atoms with Gasteiger partial charge < -0.3 is 16.4 Å². The molecule has 1 fully saturated rings. The van der Waals surface area contributed by atoms with Crippen LogP contribution in [0.2, 0.25) is 0 Å². The number of urea groups is 1. The fourth-order valence-corrected chi connectivity index (χ4v) is 5.24. The van der Waals surface area contributed by atoms with Crippen molar-refractivity contribution in [1.29, 1.82) is 0 Å². The van der Waals surface area contributed by atoms with Crippen LogP contribution in [-0.2, 0) is 14.6 Å². The van der Waals surface area contributed by atoms with Crippen molar-refractivity contribution in [1.82, 2.24) is 15.3 Å². The maximum atomic E-state index is 12.6. The zero-order valence-electron chi connectivity index (χ0n) is 16.9. The fraction of sp³-hybridized carbons (Fsp3) is 0.450. The van der Waals surface area contributed by atoms with Gasteiger partial charge >= 0.3 is 6.03 Å².